The number of hydrogen-bond acceptors (Lipinski definition) is 5. The number of rotatable bonds is 8. The van der Waals surface area contributed by atoms with Crippen LogP contribution in [0.4, 0.5) is 4.39 Å². The predicted octanol–water partition coefficient (Wildman–Crippen LogP) is 4.51. The molecule has 1 aromatic carbocycles. The Hall–Kier alpha value is -1.41. The number of nitrogens with zero attached hydrogens (tertiary/aromatic N) is 1. The fourth-order valence-electron chi connectivity index (χ4n) is 2.82. The normalized spacial score (nSPS) is 12.5. The van der Waals surface area contributed by atoms with Gasteiger partial charge in [-0.25, -0.2) is 9.37 Å². The van der Waals surface area contributed by atoms with Gasteiger partial charge >= 0.3 is 0 Å². The Morgan fingerprint density at radius 1 is 1.32 bits per heavy atom. The quantitative estimate of drug-likeness (QED) is 0.618. The van der Waals surface area contributed by atoms with E-state index >= 15 is 0 Å². The van der Waals surface area contributed by atoms with Gasteiger partial charge in [0.1, 0.15) is 28.1 Å². The number of nitrogens with one attached hydrogen (secondary N) is 1. The van der Waals surface area contributed by atoms with Gasteiger partial charge < -0.3 is 15.8 Å². The molecule has 1 aromatic heterocycles. The first-order valence-corrected chi connectivity index (χ1v) is 9.41. The lowest BCUT2D eigenvalue weighted by Crippen LogP contribution is -2.52. The molecule has 5 nitrogen and oxygen atoms in total. The van der Waals surface area contributed by atoms with Crippen LogP contribution in [0.15, 0.2) is 24.3 Å². The van der Waals surface area contributed by atoms with Crippen LogP contribution in [0.1, 0.15) is 47.6 Å². The number of halogens is 3. The zero-order valence-electron chi connectivity index (χ0n) is 16.5. The summed E-state index contributed by atoms with van der Waals surface area (Å²) in [5.74, 6) is 0.497. The summed E-state index contributed by atoms with van der Waals surface area (Å²) in [6.07, 6.45) is 0.799. The fourth-order valence-corrected chi connectivity index (χ4v) is 3.69. The smallest absolute Gasteiger partial charge is 0.263 e. The molecule has 0 saturated carbocycles. The molecule has 0 aliphatic carbocycles. The zero-order chi connectivity index (χ0) is 19.3. The molecular weight excluding hydrogens is 424 g/mol. The average molecular weight is 452 g/mol. The Labute approximate surface area is 182 Å². The minimum Gasteiger partial charge on any atom is -0.486 e. The van der Waals surface area contributed by atoms with Crippen LogP contribution in [0.2, 0.25) is 0 Å². The highest BCUT2D eigenvalue weighted by molar-refractivity contribution is 7.13. The minimum atomic E-state index is -0.452. The average Bonchev–Trinajstić information content (AvgIpc) is 2.94. The maximum absolute atomic E-state index is 12.9. The summed E-state index contributed by atoms with van der Waals surface area (Å²) in [6.45, 7) is 8.56. The Balaban J connectivity index is 0.00000364. The van der Waals surface area contributed by atoms with Crippen molar-refractivity contribution < 1.29 is 13.9 Å². The Kier molecular flexibility index (Phi) is 11.0. The number of hydrogen-bond donors (Lipinski definition) is 2. The standard InChI is InChI=1S/C19H26FN3O2S.2ClH/c1-12(2)9-19(4,11-21)23-18(24)17-13(3)22-16(26-17)10-25-15-7-5-14(20)6-8-15;;/h5-8,12H,9-11,21H2,1-4H3,(H,23,24);2*1H. The zero-order valence-corrected chi connectivity index (χ0v) is 18.9. The molecule has 1 atom stereocenters. The SMILES string of the molecule is Cc1nc(COc2ccc(F)cc2)sc1C(=O)NC(C)(CN)CC(C)C.Cl.Cl. The van der Waals surface area contributed by atoms with E-state index in [1.165, 1.54) is 23.5 Å². The molecule has 1 unspecified atom stereocenters. The lowest BCUT2D eigenvalue weighted by molar-refractivity contribution is 0.0901. The Morgan fingerprint density at radius 3 is 2.46 bits per heavy atom. The number of carbonyl (C=O) groups is 1. The van der Waals surface area contributed by atoms with E-state index in [9.17, 15) is 9.18 Å². The van der Waals surface area contributed by atoms with Gasteiger partial charge in [0, 0.05) is 6.54 Å². The number of thiazole rings is 1. The monoisotopic (exact) mass is 451 g/mol. The number of amides is 1. The van der Waals surface area contributed by atoms with Crippen LogP contribution in [-0.4, -0.2) is 23.0 Å². The topological polar surface area (TPSA) is 77.2 Å². The molecule has 28 heavy (non-hydrogen) atoms. The predicted molar refractivity (Wildman–Crippen MR) is 116 cm³/mol. The van der Waals surface area contributed by atoms with E-state index in [-0.39, 0.29) is 43.1 Å². The van der Waals surface area contributed by atoms with Crippen LogP contribution in [0.3, 0.4) is 0 Å². The van der Waals surface area contributed by atoms with Crippen molar-refractivity contribution in [3.8, 4) is 5.75 Å². The second-order valence-electron chi connectivity index (χ2n) is 7.08. The Morgan fingerprint density at radius 2 is 1.93 bits per heavy atom. The largest absolute Gasteiger partial charge is 0.486 e. The molecule has 0 saturated heterocycles. The molecule has 2 aromatic rings. The van der Waals surface area contributed by atoms with E-state index in [0.717, 1.165) is 6.42 Å². The van der Waals surface area contributed by atoms with Gasteiger partial charge in [0.2, 0.25) is 0 Å². The van der Waals surface area contributed by atoms with Crippen molar-refractivity contribution in [3.63, 3.8) is 0 Å². The molecule has 0 spiro atoms. The number of nitrogens with two attached hydrogens (primary N) is 1. The second-order valence-corrected chi connectivity index (χ2v) is 8.17. The highest BCUT2D eigenvalue weighted by atomic mass is 35.5. The summed E-state index contributed by atoms with van der Waals surface area (Å²) in [7, 11) is 0. The first kappa shape index (κ1) is 26.6. The third kappa shape index (κ3) is 7.54. The lowest BCUT2D eigenvalue weighted by atomic mass is 9.90. The number of ether oxygens (including phenoxy) is 1. The summed E-state index contributed by atoms with van der Waals surface area (Å²) in [4.78, 5) is 17.6. The van der Waals surface area contributed by atoms with Crippen molar-refractivity contribution in [2.75, 3.05) is 6.54 Å². The number of benzene rings is 1. The van der Waals surface area contributed by atoms with Crippen LogP contribution in [0.25, 0.3) is 0 Å². The molecule has 2 rings (SSSR count). The van der Waals surface area contributed by atoms with Crippen molar-refractivity contribution in [2.45, 2.75) is 46.3 Å². The van der Waals surface area contributed by atoms with E-state index < -0.39 is 5.54 Å². The van der Waals surface area contributed by atoms with Gasteiger partial charge in [-0.05, 0) is 50.5 Å². The molecule has 0 bridgehead atoms. The van der Waals surface area contributed by atoms with Gasteiger partial charge in [-0.1, -0.05) is 13.8 Å². The van der Waals surface area contributed by atoms with Gasteiger partial charge in [0.15, 0.2) is 0 Å². The lowest BCUT2D eigenvalue weighted by Gasteiger charge is -2.31. The number of carbonyl (C=O) groups excluding carboxylic acids is 1. The van der Waals surface area contributed by atoms with Gasteiger partial charge in [0.05, 0.1) is 11.2 Å². The molecule has 0 aliphatic heterocycles. The van der Waals surface area contributed by atoms with Crippen molar-refractivity contribution in [1.29, 1.82) is 0 Å². The van der Waals surface area contributed by atoms with Gasteiger partial charge in [-0.3, -0.25) is 4.79 Å². The van der Waals surface area contributed by atoms with Gasteiger partial charge in [-0.2, -0.15) is 0 Å². The van der Waals surface area contributed by atoms with Crippen molar-refractivity contribution >= 4 is 42.1 Å². The van der Waals surface area contributed by atoms with E-state index in [4.69, 9.17) is 10.5 Å². The first-order chi connectivity index (χ1) is 12.2. The third-order valence-corrected chi connectivity index (χ3v) is 5.08. The Bertz CT molecular complexity index is 756. The maximum Gasteiger partial charge on any atom is 0.263 e. The molecule has 9 heteroatoms. The van der Waals surface area contributed by atoms with Crippen molar-refractivity contribution in [3.05, 3.63) is 45.7 Å². The van der Waals surface area contributed by atoms with Crippen LogP contribution >= 0.6 is 36.2 Å². The fraction of sp³-hybridized carbons (Fsp3) is 0.474. The molecule has 1 amide bonds. The third-order valence-electron chi connectivity index (χ3n) is 3.95. The summed E-state index contributed by atoms with van der Waals surface area (Å²) in [5, 5.41) is 3.74. The summed E-state index contributed by atoms with van der Waals surface area (Å²) in [5.41, 5.74) is 6.08. The first-order valence-electron chi connectivity index (χ1n) is 8.59. The van der Waals surface area contributed by atoms with Gasteiger partial charge in [-0.15, -0.1) is 36.2 Å². The van der Waals surface area contributed by atoms with E-state index in [0.29, 0.717) is 33.8 Å². The number of aryl methyl sites for hydroxylation is 1. The van der Waals surface area contributed by atoms with E-state index in [2.05, 4.69) is 24.1 Å². The van der Waals surface area contributed by atoms with Gasteiger partial charge in [0.25, 0.3) is 5.91 Å². The second kappa shape index (κ2) is 11.6. The molecule has 0 aliphatic rings. The van der Waals surface area contributed by atoms with Crippen molar-refractivity contribution in [1.82, 2.24) is 10.3 Å². The molecular formula is C19H28Cl2FN3O2S. The molecule has 0 radical (unpaired) electrons. The van der Waals surface area contributed by atoms with Crippen molar-refractivity contribution in [2.24, 2.45) is 11.7 Å². The molecule has 158 valence electrons. The molecule has 0 fully saturated rings. The molecule has 1 heterocycles. The summed E-state index contributed by atoms with van der Waals surface area (Å²) < 4.78 is 18.5. The van der Waals surface area contributed by atoms with Crippen LogP contribution in [-0.2, 0) is 6.61 Å². The molecule has 3 N–H and O–H groups in total. The van der Waals surface area contributed by atoms with Crippen LogP contribution in [0, 0.1) is 18.7 Å². The minimum absolute atomic E-state index is 0. The highest BCUT2D eigenvalue weighted by Gasteiger charge is 2.28. The summed E-state index contributed by atoms with van der Waals surface area (Å²) in [6, 6.07) is 5.79. The van der Waals surface area contributed by atoms with E-state index in [1.54, 1.807) is 19.1 Å². The van der Waals surface area contributed by atoms with Crippen LogP contribution < -0.4 is 15.8 Å². The summed E-state index contributed by atoms with van der Waals surface area (Å²) >= 11 is 1.30. The highest BCUT2D eigenvalue weighted by Crippen LogP contribution is 2.22. The van der Waals surface area contributed by atoms with Crippen LogP contribution in [0.5, 0.6) is 5.75 Å². The maximum atomic E-state index is 12.9. The number of aromatic nitrogens is 1. The van der Waals surface area contributed by atoms with E-state index in [1.807, 2.05) is 6.92 Å².